The van der Waals surface area contributed by atoms with Crippen LogP contribution >= 0.6 is 0 Å². The van der Waals surface area contributed by atoms with E-state index in [2.05, 4.69) is 13.8 Å². The third-order valence-electron chi connectivity index (χ3n) is 2.66. The van der Waals surface area contributed by atoms with E-state index in [-0.39, 0.29) is 0 Å². The van der Waals surface area contributed by atoms with Crippen LogP contribution in [-0.2, 0) is 23.8 Å². The molecule has 6 heteroatoms. The maximum Gasteiger partial charge on any atom is 0.671 e. The lowest BCUT2D eigenvalue weighted by Crippen LogP contribution is -2.43. The van der Waals surface area contributed by atoms with Crippen LogP contribution in [0.3, 0.4) is 0 Å². The van der Waals surface area contributed by atoms with Gasteiger partial charge in [0.15, 0.2) is 11.6 Å². The van der Waals surface area contributed by atoms with E-state index in [1.807, 2.05) is 0 Å². The Morgan fingerprint density at radius 3 is 1.45 bits per heavy atom. The average Bonchev–Trinajstić information content (AvgIpc) is 2.27. The lowest BCUT2D eigenvalue weighted by Gasteiger charge is -2.31. The van der Waals surface area contributed by atoms with Gasteiger partial charge in [-0.05, 0) is 40.5 Å². The molecule has 0 aliphatic heterocycles. The maximum atomic E-state index is 11.8. The van der Waals surface area contributed by atoms with Crippen molar-refractivity contribution in [2.45, 2.75) is 78.8 Å². The highest BCUT2D eigenvalue weighted by atomic mass is 16.8. The highest BCUT2D eigenvalue weighted by Gasteiger charge is 2.35. The van der Waals surface area contributed by atoms with E-state index < -0.39 is 18.9 Å². The molecule has 5 nitrogen and oxygen atoms in total. The van der Waals surface area contributed by atoms with Crippen LogP contribution < -0.4 is 0 Å². The molecule has 0 amide bonds. The summed E-state index contributed by atoms with van der Waals surface area (Å²) in [5.74, 6) is -1.91. The van der Waals surface area contributed by atoms with Crippen molar-refractivity contribution in [1.82, 2.24) is 0 Å². The smallest absolute Gasteiger partial charge is 0.356 e. The van der Waals surface area contributed by atoms with E-state index >= 15 is 0 Å². The molecular weight excluding hydrogens is 259 g/mol. The van der Waals surface area contributed by atoms with Crippen molar-refractivity contribution in [2.75, 3.05) is 13.2 Å². The van der Waals surface area contributed by atoms with Crippen molar-refractivity contribution in [2.24, 2.45) is 0 Å². The fourth-order valence-electron chi connectivity index (χ4n) is 1.48. The minimum atomic E-state index is -1.64. The molecule has 0 bridgehead atoms. The van der Waals surface area contributed by atoms with E-state index in [1.54, 1.807) is 27.7 Å². The van der Waals surface area contributed by atoms with Gasteiger partial charge in [0.2, 0.25) is 0 Å². The van der Waals surface area contributed by atoms with Crippen molar-refractivity contribution in [1.29, 1.82) is 0 Å². The second-order valence-corrected chi connectivity index (χ2v) is 5.73. The summed E-state index contributed by atoms with van der Waals surface area (Å²) in [7, 11) is -1.64. The standard InChI is InChI=1S/C14H30BO5/c1-7-9-11-17-13(3,4)19-15(16)20-14(5,6)18-12-10-8-2/h7-12H2,1-6H3. The maximum absolute atomic E-state index is 11.8. The van der Waals surface area contributed by atoms with E-state index in [1.165, 1.54) is 0 Å². The Hall–Kier alpha value is -0.135. The summed E-state index contributed by atoms with van der Waals surface area (Å²) in [6, 6.07) is 0. The molecule has 0 aliphatic carbocycles. The first-order chi connectivity index (χ1) is 9.22. The van der Waals surface area contributed by atoms with Gasteiger partial charge in [-0.2, -0.15) is 0 Å². The number of hydrogen-bond donors (Lipinski definition) is 0. The first-order valence-electron chi connectivity index (χ1n) is 7.52. The van der Waals surface area contributed by atoms with Crippen LogP contribution in [0.1, 0.15) is 67.2 Å². The summed E-state index contributed by atoms with van der Waals surface area (Å²) in [4.78, 5) is 0. The molecule has 0 saturated heterocycles. The van der Waals surface area contributed by atoms with Crippen LogP contribution in [0.15, 0.2) is 0 Å². The fraction of sp³-hybridized carbons (Fsp3) is 1.00. The lowest BCUT2D eigenvalue weighted by molar-refractivity contribution is -0.218. The van der Waals surface area contributed by atoms with Gasteiger partial charge >= 0.3 is 7.32 Å². The fourth-order valence-corrected chi connectivity index (χ4v) is 1.48. The monoisotopic (exact) mass is 289 g/mol. The molecule has 0 aliphatic rings. The summed E-state index contributed by atoms with van der Waals surface area (Å²) in [6.45, 7) is 12.1. The van der Waals surface area contributed by atoms with Crippen molar-refractivity contribution in [3.05, 3.63) is 0 Å². The highest BCUT2D eigenvalue weighted by molar-refractivity contribution is 6.34. The molecule has 0 rings (SSSR count). The van der Waals surface area contributed by atoms with Gasteiger partial charge in [-0.1, -0.05) is 26.7 Å². The zero-order valence-electron chi connectivity index (χ0n) is 13.9. The Morgan fingerprint density at radius 1 is 0.800 bits per heavy atom. The molecule has 0 aromatic carbocycles. The minimum Gasteiger partial charge on any atom is -0.356 e. The van der Waals surface area contributed by atoms with E-state index in [9.17, 15) is 5.02 Å². The third-order valence-corrected chi connectivity index (χ3v) is 2.66. The van der Waals surface area contributed by atoms with Crippen molar-refractivity contribution in [3.63, 3.8) is 0 Å². The second kappa shape index (κ2) is 9.74. The van der Waals surface area contributed by atoms with Crippen molar-refractivity contribution >= 4 is 7.32 Å². The third kappa shape index (κ3) is 10.6. The lowest BCUT2D eigenvalue weighted by atomic mass is 10.2. The molecule has 0 atom stereocenters. The zero-order chi connectivity index (χ0) is 15.6. The van der Waals surface area contributed by atoms with E-state index in [4.69, 9.17) is 18.8 Å². The topological polar surface area (TPSA) is 56.8 Å². The number of hydrogen-bond acceptors (Lipinski definition) is 4. The number of ether oxygens (including phenoxy) is 2. The van der Waals surface area contributed by atoms with E-state index in [0.717, 1.165) is 25.7 Å². The molecule has 0 unspecified atom stereocenters. The summed E-state index contributed by atoms with van der Waals surface area (Å²) < 4.78 is 21.5. The van der Waals surface area contributed by atoms with Gasteiger partial charge in [0.05, 0.1) is 0 Å². The molecule has 20 heavy (non-hydrogen) atoms. The molecule has 0 aromatic rings. The normalized spacial score (nSPS) is 12.8. The predicted octanol–water partition coefficient (Wildman–Crippen LogP) is 3.54. The van der Waals surface area contributed by atoms with Crippen molar-refractivity contribution in [3.8, 4) is 0 Å². The molecule has 1 radical (unpaired) electrons. The highest BCUT2D eigenvalue weighted by Crippen LogP contribution is 2.18. The number of rotatable bonds is 12. The van der Waals surface area contributed by atoms with Gasteiger partial charge in [0, 0.05) is 13.2 Å². The van der Waals surface area contributed by atoms with Gasteiger partial charge in [0.25, 0.3) is 0 Å². The first-order valence-corrected chi connectivity index (χ1v) is 7.52. The van der Waals surface area contributed by atoms with Crippen LogP contribution in [-0.4, -0.2) is 32.1 Å². The second-order valence-electron chi connectivity index (χ2n) is 5.73. The Morgan fingerprint density at radius 2 is 1.15 bits per heavy atom. The first kappa shape index (κ1) is 19.9. The Balaban J connectivity index is 4.08. The number of unbranched alkanes of at least 4 members (excludes halogenated alkanes) is 2. The predicted molar refractivity (Wildman–Crippen MR) is 78.5 cm³/mol. The Bertz CT molecular complexity index is 222. The van der Waals surface area contributed by atoms with Gasteiger partial charge in [-0.25, -0.2) is 5.02 Å². The SMILES string of the molecule is CCCCOC(C)(C)OB([O])OC(C)(C)OCCCC. The van der Waals surface area contributed by atoms with Crippen LogP contribution in [0.25, 0.3) is 0 Å². The Kier molecular flexibility index (Phi) is 9.67. The average molecular weight is 289 g/mol. The molecule has 0 saturated carbocycles. The zero-order valence-corrected chi connectivity index (χ0v) is 13.9. The summed E-state index contributed by atoms with van der Waals surface area (Å²) in [5, 5.41) is 11.8. The van der Waals surface area contributed by atoms with Gasteiger partial charge in [-0.15, -0.1) is 0 Å². The largest absolute Gasteiger partial charge is 0.671 e. The van der Waals surface area contributed by atoms with Crippen LogP contribution in [0.2, 0.25) is 0 Å². The molecule has 119 valence electrons. The summed E-state index contributed by atoms with van der Waals surface area (Å²) in [5.41, 5.74) is 0. The van der Waals surface area contributed by atoms with Crippen LogP contribution in [0.4, 0.5) is 0 Å². The molecule has 0 aromatic heterocycles. The van der Waals surface area contributed by atoms with Crippen LogP contribution in [0, 0.1) is 0 Å². The molecule has 0 spiro atoms. The Labute approximate surface area is 124 Å². The van der Waals surface area contributed by atoms with Crippen LogP contribution in [0.5, 0.6) is 0 Å². The molecule has 0 fully saturated rings. The quantitative estimate of drug-likeness (QED) is 0.313. The minimum absolute atomic E-state index is 0.562. The molecule has 0 heterocycles. The van der Waals surface area contributed by atoms with Crippen molar-refractivity contribution < 1.29 is 23.8 Å². The van der Waals surface area contributed by atoms with Gasteiger partial charge in [0.1, 0.15) is 0 Å². The molecular formula is C14H30BO5. The van der Waals surface area contributed by atoms with Gasteiger partial charge < -0.3 is 18.8 Å². The van der Waals surface area contributed by atoms with E-state index in [0.29, 0.717) is 13.2 Å². The summed E-state index contributed by atoms with van der Waals surface area (Å²) >= 11 is 0. The summed E-state index contributed by atoms with van der Waals surface area (Å²) in [6.07, 6.45) is 3.93. The van der Waals surface area contributed by atoms with Gasteiger partial charge in [-0.3, -0.25) is 0 Å². The molecule has 0 N–H and O–H groups in total.